The van der Waals surface area contributed by atoms with Crippen LogP contribution in [0.15, 0.2) is 72.8 Å². The molecular formula is C51H64B3Cl4F3N2O9S. The molecule has 5 aliphatic rings. The molecule has 3 saturated heterocycles. The SMILES string of the molecule is CC1(C)OB(B2OC(C)(C)C(C)(C)O2)OC1(C)C.CN1Cc2cc(B3OC(C)(C)C(C)(C)O3)ccc2C(c2ccc(Cl)c(Cl)c2)C1.CN1Cc2cc(OS(=O)(=O)C(F)(F)F)ccc2C(c2ccc(Cl)c(Cl)c2)C1. The van der Waals surface area contributed by atoms with E-state index in [9.17, 15) is 21.6 Å². The number of nitrogens with zero attached hydrogens (tertiary/aromatic N) is 2. The first kappa shape index (κ1) is 58.1. The van der Waals surface area contributed by atoms with Crippen LogP contribution >= 0.6 is 46.4 Å². The summed E-state index contributed by atoms with van der Waals surface area (Å²) in [5.74, 6) is -0.216. The molecule has 0 amide bonds. The van der Waals surface area contributed by atoms with Crippen molar-refractivity contribution in [2.45, 2.75) is 147 Å². The standard InChI is InChI=1S/C22H26BCl2NO2.C17H14Cl2F3NO3S.C12H24B2O4/c1-21(2)22(3,4)28-23(27-21)16-7-8-17-15(10-16)12-26(5)13-18(17)14-6-9-19(24)20(25)11-14;1-23-8-11-6-12(26-27(24,25)17(20,21)22)3-4-13(11)14(9-23)10-2-5-15(18)16(19)7-10;1-9(2)10(3,4)16-13(15-9)14-17-11(5,6)12(7,8)18-14/h6-11,18H,12-13H2,1-5H3;2-7,14H,8-9H2,1H3;1-8H3. The van der Waals surface area contributed by atoms with Crippen molar-refractivity contribution >= 4 is 83.1 Å². The van der Waals surface area contributed by atoms with E-state index in [1.165, 1.54) is 28.8 Å². The molecule has 22 heteroatoms. The molecule has 4 aromatic carbocycles. The second-order valence-electron chi connectivity index (χ2n) is 22.5. The van der Waals surface area contributed by atoms with Crippen LogP contribution in [-0.4, -0.2) is 106 Å². The molecule has 0 saturated carbocycles. The van der Waals surface area contributed by atoms with Gasteiger partial charge in [0, 0.05) is 38.0 Å². The number of rotatable bonds is 6. The molecule has 0 N–H and O–H groups in total. The van der Waals surface area contributed by atoms with Gasteiger partial charge in [-0.25, -0.2) is 0 Å². The zero-order valence-corrected chi connectivity index (χ0v) is 47.6. The molecule has 3 fully saturated rings. The second kappa shape index (κ2) is 20.7. The lowest BCUT2D eigenvalue weighted by molar-refractivity contribution is -0.0500. The lowest BCUT2D eigenvalue weighted by Crippen LogP contribution is -2.41. The van der Waals surface area contributed by atoms with Crippen molar-refractivity contribution < 1.29 is 53.7 Å². The third-order valence-corrected chi connectivity index (χ3v) is 17.8. The second-order valence-corrected chi connectivity index (χ2v) is 25.7. The normalized spacial score (nSPS) is 23.7. The van der Waals surface area contributed by atoms with Gasteiger partial charge in [-0.1, -0.05) is 82.8 Å². The van der Waals surface area contributed by atoms with E-state index in [-0.39, 0.29) is 58.3 Å². The number of fused-ring (bicyclic) bond motifs is 2. The van der Waals surface area contributed by atoms with Gasteiger partial charge in [0.15, 0.2) is 0 Å². The molecular weight excluding hydrogens is 1050 g/mol. The molecule has 73 heavy (non-hydrogen) atoms. The summed E-state index contributed by atoms with van der Waals surface area (Å²) in [5, 5.41) is 2.01. The first-order valence-electron chi connectivity index (χ1n) is 24.0. The summed E-state index contributed by atoms with van der Waals surface area (Å²) in [7, 11) is -3.00. The van der Waals surface area contributed by atoms with E-state index in [2.05, 4.69) is 68.1 Å². The summed E-state index contributed by atoms with van der Waals surface area (Å²) >= 11 is 24.5. The largest absolute Gasteiger partial charge is 0.534 e. The Bertz CT molecular complexity index is 2740. The summed E-state index contributed by atoms with van der Waals surface area (Å²) in [5.41, 5.74) is -0.278. The number of hydrogen-bond donors (Lipinski definition) is 0. The molecule has 11 nitrogen and oxygen atoms in total. The van der Waals surface area contributed by atoms with Crippen LogP contribution in [0.3, 0.4) is 0 Å². The highest BCUT2D eigenvalue weighted by Crippen LogP contribution is 2.44. The van der Waals surface area contributed by atoms with E-state index in [1.807, 2.05) is 85.5 Å². The summed E-state index contributed by atoms with van der Waals surface area (Å²) in [6.07, 6.45) is 0. The molecule has 4 aromatic rings. The first-order chi connectivity index (χ1) is 33.4. The molecule has 2 unspecified atom stereocenters. The Morgan fingerprint density at radius 3 is 1.29 bits per heavy atom. The van der Waals surface area contributed by atoms with E-state index in [0.717, 1.165) is 29.7 Å². The van der Waals surface area contributed by atoms with Crippen LogP contribution in [0.1, 0.15) is 128 Å². The van der Waals surface area contributed by atoms with E-state index in [1.54, 1.807) is 18.2 Å². The Hall–Kier alpha value is -2.55. The maximum absolute atomic E-state index is 12.5. The maximum atomic E-state index is 12.5. The average molecular weight is 1110 g/mol. The fraction of sp³-hybridized carbons (Fsp3) is 0.529. The monoisotopic (exact) mass is 1110 g/mol. The molecule has 2 atom stereocenters. The molecule has 396 valence electrons. The summed E-state index contributed by atoms with van der Waals surface area (Å²) in [4.78, 5) is 4.31. The van der Waals surface area contributed by atoms with Crippen molar-refractivity contribution in [3.05, 3.63) is 126 Å². The van der Waals surface area contributed by atoms with Gasteiger partial charge < -0.3 is 41.9 Å². The molecule has 0 aliphatic carbocycles. The lowest BCUT2D eigenvalue weighted by Gasteiger charge is -2.33. The van der Waals surface area contributed by atoms with Crippen molar-refractivity contribution in [2.75, 3.05) is 27.2 Å². The van der Waals surface area contributed by atoms with Crippen LogP contribution in [-0.2, 0) is 51.1 Å². The summed E-state index contributed by atoms with van der Waals surface area (Å²) < 4.78 is 101. The lowest BCUT2D eigenvalue weighted by atomic mass is 9.49. The molecule has 5 aliphatic heterocycles. The van der Waals surface area contributed by atoms with E-state index in [4.69, 9.17) is 74.3 Å². The topological polar surface area (TPSA) is 105 Å². The number of alkyl halides is 3. The van der Waals surface area contributed by atoms with Gasteiger partial charge in [-0.3, -0.25) is 0 Å². The van der Waals surface area contributed by atoms with E-state index >= 15 is 0 Å². The van der Waals surface area contributed by atoms with Crippen LogP contribution in [0.5, 0.6) is 5.75 Å². The number of likely N-dealkylation sites (N-methyl/N-ethyl adjacent to an activating group) is 2. The minimum Gasteiger partial charge on any atom is -0.405 e. The predicted molar refractivity (Wildman–Crippen MR) is 286 cm³/mol. The van der Waals surface area contributed by atoms with Gasteiger partial charge in [0.1, 0.15) is 5.75 Å². The van der Waals surface area contributed by atoms with E-state index in [0.29, 0.717) is 38.7 Å². The highest BCUT2D eigenvalue weighted by atomic mass is 35.5. The molecule has 0 bridgehead atoms. The number of hydrogen-bond acceptors (Lipinski definition) is 11. The van der Waals surface area contributed by atoms with Crippen LogP contribution in [0, 0.1) is 0 Å². The highest BCUT2D eigenvalue weighted by Gasteiger charge is 2.64. The Morgan fingerprint density at radius 1 is 0.534 bits per heavy atom. The zero-order valence-electron chi connectivity index (χ0n) is 43.8. The van der Waals surface area contributed by atoms with Gasteiger partial charge in [-0.2, -0.15) is 21.6 Å². The Morgan fingerprint density at radius 2 is 0.904 bits per heavy atom. The van der Waals surface area contributed by atoms with Crippen LogP contribution in [0.2, 0.25) is 20.1 Å². The van der Waals surface area contributed by atoms with Crippen molar-refractivity contribution in [2.24, 2.45) is 0 Å². The van der Waals surface area contributed by atoms with Gasteiger partial charge in [-0.15, -0.1) is 0 Å². The maximum Gasteiger partial charge on any atom is 0.534 e. The zero-order chi connectivity index (χ0) is 54.2. The molecule has 5 heterocycles. The summed E-state index contributed by atoms with van der Waals surface area (Å²) in [6, 6.07) is 21.9. The van der Waals surface area contributed by atoms with Crippen LogP contribution in [0.25, 0.3) is 0 Å². The van der Waals surface area contributed by atoms with Crippen molar-refractivity contribution in [1.29, 1.82) is 0 Å². The van der Waals surface area contributed by atoms with Crippen LogP contribution in [0.4, 0.5) is 13.2 Å². The number of halogens is 7. The fourth-order valence-corrected chi connectivity index (χ4v) is 10.1. The van der Waals surface area contributed by atoms with Crippen molar-refractivity contribution in [3.8, 4) is 5.75 Å². The smallest absolute Gasteiger partial charge is 0.405 e. The molecule has 0 spiro atoms. The average Bonchev–Trinajstić information content (AvgIpc) is 3.73. The van der Waals surface area contributed by atoms with E-state index < -0.39 is 29.6 Å². The Balaban J connectivity index is 0.000000164. The first-order valence-corrected chi connectivity index (χ1v) is 27.0. The molecule has 9 rings (SSSR count). The van der Waals surface area contributed by atoms with Gasteiger partial charge in [-0.05, 0) is 172 Å². The Kier molecular flexibility index (Phi) is 16.5. The highest BCUT2D eigenvalue weighted by molar-refractivity contribution is 7.88. The van der Waals surface area contributed by atoms with Crippen molar-refractivity contribution in [1.82, 2.24) is 9.80 Å². The fourth-order valence-electron chi connectivity index (χ4n) is 9.07. The van der Waals surface area contributed by atoms with Crippen molar-refractivity contribution in [3.63, 3.8) is 0 Å². The summed E-state index contributed by atoms with van der Waals surface area (Å²) in [6.45, 7) is 27.5. The predicted octanol–water partition coefficient (Wildman–Crippen LogP) is 11.9. The minimum absolute atomic E-state index is 0.0956. The van der Waals surface area contributed by atoms with Gasteiger partial charge in [0.2, 0.25) is 0 Å². The van der Waals surface area contributed by atoms with Gasteiger partial charge >= 0.3 is 36.8 Å². The molecule has 0 radical (unpaired) electrons. The minimum atomic E-state index is -5.71. The third kappa shape index (κ3) is 12.3. The third-order valence-electron chi connectivity index (χ3n) is 15.4. The van der Waals surface area contributed by atoms with Crippen LogP contribution < -0.4 is 9.65 Å². The quantitative estimate of drug-likeness (QED) is 0.105. The number of benzene rings is 4. The molecule has 0 aromatic heterocycles. The van der Waals surface area contributed by atoms with Gasteiger partial charge in [0.25, 0.3) is 0 Å². The van der Waals surface area contributed by atoms with Gasteiger partial charge in [0.05, 0.1) is 53.7 Å². The Labute approximate surface area is 450 Å².